The highest BCUT2D eigenvalue weighted by molar-refractivity contribution is 6.30. The highest BCUT2D eigenvalue weighted by Gasteiger charge is 2.21. The number of imidazole rings is 1. The van der Waals surface area contributed by atoms with Gasteiger partial charge in [0.25, 0.3) is 0 Å². The quantitative estimate of drug-likeness (QED) is 0.183. The Morgan fingerprint density at radius 3 is 2.50 bits per heavy atom. The molecule has 42 heavy (non-hydrogen) atoms. The van der Waals surface area contributed by atoms with Gasteiger partial charge in [0.1, 0.15) is 29.4 Å². The maximum absolute atomic E-state index is 15.5. The Morgan fingerprint density at radius 1 is 1.05 bits per heavy atom. The van der Waals surface area contributed by atoms with Crippen LogP contribution in [-0.4, -0.2) is 39.3 Å². The van der Waals surface area contributed by atoms with E-state index in [4.69, 9.17) is 21.1 Å². The number of ether oxygens (including phenoxy) is 2. The third-order valence-corrected chi connectivity index (χ3v) is 7.08. The molecule has 0 saturated carbocycles. The second-order valence-corrected chi connectivity index (χ2v) is 9.99. The molecule has 11 heteroatoms. The van der Waals surface area contributed by atoms with Crippen LogP contribution >= 0.6 is 11.6 Å². The van der Waals surface area contributed by atoms with Crippen molar-refractivity contribution >= 4 is 28.6 Å². The smallest absolute Gasteiger partial charge is 0.335 e. The van der Waals surface area contributed by atoms with Gasteiger partial charge in [0.05, 0.1) is 23.2 Å². The maximum atomic E-state index is 15.5. The van der Waals surface area contributed by atoms with Crippen LogP contribution < -0.4 is 4.74 Å². The standard InChI is InChI=1S/C31H25ClF3N3O4/c1-17(21-7-6-20(32)15-26(21)35)42-30-22(4-3-9-36-30)19-12-24(33)23(25(34)13-19)16-29-37-27-8-5-18(31(39)40)14-28(27)38(29)10-11-41-2/h3-9,12-15,17H,10-11,16H2,1-2H3,(H,39,40). The monoisotopic (exact) mass is 595 g/mol. The molecule has 0 aliphatic rings. The van der Waals surface area contributed by atoms with Gasteiger partial charge in [0.2, 0.25) is 5.88 Å². The molecule has 7 nitrogen and oxygen atoms in total. The number of halogens is 4. The van der Waals surface area contributed by atoms with E-state index in [0.29, 0.717) is 29.0 Å². The molecule has 0 fully saturated rings. The van der Waals surface area contributed by atoms with Crippen LogP contribution in [0.5, 0.6) is 5.88 Å². The van der Waals surface area contributed by atoms with Gasteiger partial charge >= 0.3 is 5.97 Å². The molecule has 2 aromatic heterocycles. The molecule has 1 unspecified atom stereocenters. The normalized spacial score (nSPS) is 12.0. The van der Waals surface area contributed by atoms with Gasteiger partial charge in [-0.15, -0.1) is 0 Å². The lowest BCUT2D eigenvalue weighted by molar-refractivity contribution is 0.0697. The molecular weight excluding hydrogens is 571 g/mol. The summed E-state index contributed by atoms with van der Waals surface area (Å²) in [7, 11) is 1.52. The number of carboxylic acid groups (broad SMARTS) is 1. The fraction of sp³-hybridized carbons (Fsp3) is 0.194. The Balaban J connectivity index is 1.48. The number of pyridine rings is 1. The van der Waals surface area contributed by atoms with E-state index in [0.717, 1.165) is 0 Å². The van der Waals surface area contributed by atoms with E-state index in [1.165, 1.54) is 55.8 Å². The van der Waals surface area contributed by atoms with E-state index in [2.05, 4.69) is 9.97 Å². The van der Waals surface area contributed by atoms with E-state index in [-0.39, 0.29) is 46.2 Å². The van der Waals surface area contributed by atoms with Gasteiger partial charge in [-0.05, 0) is 67.1 Å². The number of hydrogen-bond donors (Lipinski definition) is 1. The van der Waals surface area contributed by atoms with Crippen LogP contribution in [0.25, 0.3) is 22.2 Å². The van der Waals surface area contributed by atoms with Crippen molar-refractivity contribution < 1.29 is 32.5 Å². The maximum Gasteiger partial charge on any atom is 0.335 e. The summed E-state index contributed by atoms with van der Waals surface area (Å²) in [5.74, 6) is -2.86. The average Bonchev–Trinajstić information content (AvgIpc) is 3.30. The third-order valence-electron chi connectivity index (χ3n) is 6.84. The second kappa shape index (κ2) is 12.2. The molecule has 216 valence electrons. The van der Waals surface area contributed by atoms with Crippen molar-refractivity contribution in [3.05, 3.63) is 112 Å². The van der Waals surface area contributed by atoms with E-state index >= 15 is 8.78 Å². The lowest BCUT2D eigenvalue weighted by Crippen LogP contribution is -2.11. The molecule has 2 heterocycles. The van der Waals surface area contributed by atoms with E-state index < -0.39 is 29.5 Å². The summed E-state index contributed by atoms with van der Waals surface area (Å²) in [6.45, 7) is 2.21. The zero-order valence-corrected chi connectivity index (χ0v) is 23.3. The lowest BCUT2D eigenvalue weighted by atomic mass is 10.0. The van der Waals surface area contributed by atoms with Crippen LogP contribution in [0.2, 0.25) is 5.02 Å². The average molecular weight is 596 g/mol. The fourth-order valence-electron chi connectivity index (χ4n) is 4.72. The third kappa shape index (κ3) is 5.95. The molecule has 0 aliphatic carbocycles. The van der Waals surface area contributed by atoms with Crippen LogP contribution in [0, 0.1) is 17.5 Å². The molecular formula is C31H25ClF3N3O4. The predicted molar refractivity (Wildman–Crippen MR) is 151 cm³/mol. The molecule has 0 radical (unpaired) electrons. The number of fused-ring (bicyclic) bond motifs is 1. The van der Waals surface area contributed by atoms with Crippen molar-refractivity contribution in [2.24, 2.45) is 0 Å². The number of hydrogen-bond acceptors (Lipinski definition) is 5. The molecule has 0 spiro atoms. The highest BCUT2D eigenvalue weighted by atomic mass is 35.5. The molecule has 0 saturated heterocycles. The first-order valence-corrected chi connectivity index (χ1v) is 13.3. The number of carboxylic acids is 1. The van der Waals surface area contributed by atoms with Gasteiger partial charge in [0.15, 0.2) is 0 Å². The zero-order valence-electron chi connectivity index (χ0n) is 22.6. The number of benzene rings is 3. The Labute approximate surface area is 244 Å². The first kappa shape index (κ1) is 29.1. The number of aromatic nitrogens is 3. The Kier molecular flexibility index (Phi) is 8.46. The summed E-state index contributed by atoms with van der Waals surface area (Å²) >= 11 is 5.85. The number of aromatic carboxylic acids is 1. The van der Waals surface area contributed by atoms with Crippen LogP contribution in [0.15, 0.2) is 66.9 Å². The Morgan fingerprint density at radius 2 is 1.81 bits per heavy atom. The highest BCUT2D eigenvalue weighted by Crippen LogP contribution is 2.34. The molecule has 0 amide bonds. The summed E-state index contributed by atoms with van der Waals surface area (Å²) < 4.78 is 58.3. The van der Waals surface area contributed by atoms with Gasteiger partial charge < -0.3 is 19.1 Å². The molecule has 1 atom stereocenters. The van der Waals surface area contributed by atoms with Crippen LogP contribution in [0.4, 0.5) is 13.2 Å². The molecule has 0 bridgehead atoms. The van der Waals surface area contributed by atoms with E-state index in [9.17, 15) is 14.3 Å². The topological polar surface area (TPSA) is 86.5 Å². The molecule has 5 rings (SSSR count). The predicted octanol–water partition coefficient (Wildman–Crippen LogP) is 7.24. The largest absolute Gasteiger partial charge is 0.478 e. The Hall–Kier alpha value is -4.41. The summed E-state index contributed by atoms with van der Waals surface area (Å²) in [4.78, 5) is 20.2. The summed E-state index contributed by atoms with van der Waals surface area (Å²) in [5.41, 5.74) is 1.60. The first-order chi connectivity index (χ1) is 20.2. The number of rotatable bonds is 10. The molecule has 0 aliphatic heterocycles. The molecule has 3 aromatic carbocycles. The Bertz CT molecular complexity index is 1770. The summed E-state index contributed by atoms with van der Waals surface area (Å²) in [6.07, 6.45) is 0.499. The van der Waals surface area contributed by atoms with Crippen LogP contribution in [-0.2, 0) is 17.7 Å². The van der Waals surface area contributed by atoms with Gasteiger partial charge in [-0.1, -0.05) is 17.7 Å². The van der Waals surface area contributed by atoms with Gasteiger partial charge in [0, 0.05) is 48.0 Å². The van der Waals surface area contributed by atoms with Crippen LogP contribution in [0.3, 0.4) is 0 Å². The molecule has 5 aromatic rings. The minimum atomic E-state index is -1.10. The number of nitrogens with zero attached hydrogens (tertiary/aromatic N) is 3. The van der Waals surface area contributed by atoms with Crippen molar-refractivity contribution in [2.45, 2.75) is 26.0 Å². The first-order valence-electron chi connectivity index (χ1n) is 12.9. The molecule has 1 N–H and O–H groups in total. The second-order valence-electron chi connectivity index (χ2n) is 9.56. The van der Waals surface area contributed by atoms with E-state index in [1.807, 2.05) is 0 Å². The van der Waals surface area contributed by atoms with Crippen molar-refractivity contribution in [1.29, 1.82) is 0 Å². The van der Waals surface area contributed by atoms with Crippen LogP contribution in [0.1, 0.15) is 40.3 Å². The SMILES string of the molecule is COCCn1c(Cc2c(F)cc(-c3cccnc3OC(C)c3ccc(Cl)cc3F)cc2F)nc2ccc(C(=O)O)cc21. The summed E-state index contributed by atoms with van der Waals surface area (Å²) in [6, 6.07) is 14.2. The van der Waals surface area contributed by atoms with E-state index in [1.54, 1.807) is 29.7 Å². The van der Waals surface area contributed by atoms with Crippen molar-refractivity contribution in [2.75, 3.05) is 13.7 Å². The van der Waals surface area contributed by atoms with Crippen molar-refractivity contribution in [3.8, 4) is 17.0 Å². The van der Waals surface area contributed by atoms with Crippen molar-refractivity contribution in [1.82, 2.24) is 14.5 Å². The number of carbonyl (C=O) groups is 1. The van der Waals surface area contributed by atoms with Gasteiger partial charge in [-0.3, -0.25) is 0 Å². The zero-order chi connectivity index (χ0) is 30.0. The lowest BCUT2D eigenvalue weighted by Gasteiger charge is -2.18. The summed E-state index contributed by atoms with van der Waals surface area (Å²) in [5, 5.41) is 9.65. The van der Waals surface area contributed by atoms with Crippen molar-refractivity contribution in [3.63, 3.8) is 0 Å². The minimum absolute atomic E-state index is 0.0666. The minimum Gasteiger partial charge on any atom is -0.478 e. The number of methoxy groups -OCH3 is 1. The fourth-order valence-corrected chi connectivity index (χ4v) is 4.88. The van der Waals surface area contributed by atoms with Gasteiger partial charge in [-0.25, -0.2) is 27.9 Å². The van der Waals surface area contributed by atoms with Gasteiger partial charge in [-0.2, -0.15) is 0 Å².